The number of aliphatic hydroxyl groups is 1. The zero-order valence-electron chi connectivity index (χ0n) is 47.2. The van der Waals surface area contributed by atoms with Crippen LogP contribution in [0.15, 0.2) is 9.98 Å². The number of aliphatic carboxylic acids is 1. The van der Waals surface area contributed by atoms with Gasteiger partial charge < -0.3 is 85.5 Å². The monoisotopic (exact) mass is 1120 g/mol. The third-order valence-electron chi connectivity index (χ3n) is 14.5. The first-order valence-corrected chi connectivity index (χ1v) is 27.6. The minimum Gasteiger partial charge on any atom is -0.480 e. The molecule has 28 nitrogen and oxygen atoms in total. The molecule has 18 N–H and O–H groups in total. The number of carboxylic acids is 1. The average Bonchev–Trinajstić information content (AvgIpc) is 4.19. The van der Waals surface area contributed by atoms with Gasteiger partial charge in [-0.05, 0) is 102 Å². The van der Waals surface area contributed by atoms with E-state index in [0.717, 1.165) is 0 Å². The minimum atomic E-state index is -1.58. The van der Waals surface area contributed by atoms with E-state index in [4.69, 9.17) is 28.7 Å². The zero-order chi connectivity index (χ0) is 59.4. The molecule has 3 fully saturated rings. The van der Waals surface area contributed by atoms with Gasteiger partial charge in [-0.2, -0.15) is 0 Å². The van der Waals surface area contributed by atoms with Gasteiger partial charge in [0, 0.05) is 32.7 Å². The van der Waals surface area contributed by atoms with Crippen molar-refractivity contribution in [3.8, 4) is 0 Å². The van der Waals surface area contributed by atoms with E-state index >= 15 is 0 Å². The maximum Gasteiger partial charge on any atom is 0.326 e. The van der Waals surface area contributed by atoms with Crippen molar-refractivity contribution in [2.75, 3.05) is 32.7 Å². The zero-order valence-corrected chi connectivity index (χ0v) is 47.2. The maximum atomic E-state index is 14.5. The molecule has 0 aliphatic carbocycles. The van der Waals surface area contributed by atoms with E-state index in [9.17, 15) is 58.2 Å². The van der Waals surface area contributed by atoms with Gasteiger partial charge in [0.15, 0.2) is 11.9 Å². The van der Waals surface area contributed by atoms with Crippen molar-refractivity contribution in [1.29, 1.82) is 0 Å². The van der Waals surface area contributed by atoms with Crippen LogP contribution < -0.4 is 60.6 Å². The van der Waals surface area contributed by atoms with Crippen LogP contribution in [-0.2, 0) is 47.9 Å². The Morgan fingerprint density at radius 1 is 0.570 bits per heavy atom. The van der Waals surface area contributed by atoms with Crippen molar-refractivity contribution in [2.45, 2.75) is 199 Å². The van der Waals surface area contributed by atoms with Crippen molar-refractivity contribution in [2.24, 2.45) is 56.4 Å². The lowest BCUT2D eigenvalue weighted by atomic mass is 9.95. The number of amides is 9. The number of guanidine groups is 2. The molecule has 3 aliphatic rings. The third-order valence-corrected chi connectivity index (χ3v) is 14.5. The molecule has 3 heterocycles. The number of carbonyl (C=O) groups is 10. The minimum absolute atomic E-state index is 0.0621. The molecule has 12 atom stereocenters. The number of carboxylic acid groups (broad SMARTS) is 1. The van der Waals surface area contributed by atoms with E-state index in [-0.39, 0.29) is 82.7 Å². The lowest BCUT2D eigenvalue weighted by Gasteiger charge is -2.33. The molecule has 3 rings (SSSR count). The molecule has 446 valence electrons. The summed E-state index contributed by atoms with van der Waals surface area (Å²) in [5.74, 6) is -8.70. The molecule has 0 bridgehead atoms. The van der Waals surface area contributed by atoms with Gasteiger partial charge in [-0.15, -0.1) is 0 Å². The summed E-state index contributed by atoms with van der Waals surface area (Å²) in [7, 11) is 0. The molecule has 0 unspecified atom stereocenters. The highest BCUT2D eigenvalue weighted by Gasteiger charge is 2.45. The highest BCUT2D eigenvalue weighted by molar-refractivity contribution is 5.99. The Morgan fingerprint density at radius 3 is 1.59 bits per heavy atom. The number of nitrogens with two attached hydrogens (primary N) is 5. The lowest BCUT2D eigenvalue weighted by molar-refractivity contribution is -0.152. The van der Waals surface area contributed by atoms with E-state index in [0.29, 0.717) is 44.9 Å². The number of carbonyl (C=O) groups excluding carboxylic acids is 9. The highest BCUT2D eigenvalue weighted by Crippen LogP contribution is 2.26. The Morgan fingerprint density at radius 2 is 1.06 bits per heavy atom. The number of hydrogen-bond acceptors (Lipinski definition) is 14. The first-order chi connectivity index (χ1) is 37.1. The fourth-order valence-corrected chi connectivity index (χ4v) is 9.93. The summed E-state index contributed by atoms with van der Waals surface area (Å²) in [6.45, 7) is 14.2. The highest BCUT2D eigenvalue weighted by atomic mass is 16.4. The van der Waals surface area contributed by atoms with E-state index in [1.54, 1.807) is 20.8 Å². The van der Waals surface area contributed by atoms with Crippen LogP contribution in [0.1, 0.15) is 132 Å². The molecule has 0 spiro atoms. The number of rotatable bonds is 30. The topological polar surface area (TPSA) is 448 Å². The van der Waals surface area contributed by atoms with Gasteiger partial charge in [0.25, 0.3) is 0 Å². The summed E-state index contributed by atoms with van der Waals surface area (Å²) >= 11 is 0. The summed E-state index contributed by atoms with van der Waals surface area (Å²) in [4.78, 5) is 149. The summed E-state index contributed by atoms with van der Waals surface area (Å²) in [5.41, 5.74) is 27.8. The van der Waals surface area contributed by atoms with E-state index in [1.165, 1.54) is 28.5 Å². The Bertz CT molecular complexity index is 2200. The Labute approximate surface area is 462 Å². The molecule has 0 aromatic carbocycles. The van der Waals surface area contributed by atoms with Crippen molar-refractivity contribution in [3.63, 3.8) is 0 Å². The standard InChI is InChI=1S/C51H90N16O12/c1-9-28(6)38(63-43(72)37(27(4)5)62-41(70)32(16-11-21-58-51(55)56)60-40(69)31(52)15-10-20-57-50(53)54)44(73)61-33(25-26(2)3)47(76)65-22-12-17-34(65)42(71)64-39(30(8)68)45(74)59-29(7)46(75)66-23-13-18-35(66)48(77)67-24-14-19-36(67)49(78)79/h26-39,68H,9-25,52H2,1-8H3,(H,59,74)(H,60,69)(H,61,73)(H,62,70)(H,63,72)(H,64,71)(H,78,79)(H4,53,54,57)(H4,55,56,58)/t28-,29-,30+,31-,32-,33-,34-,35-,36-,37-,38-,39-/m0/s1. The van der Waals surface area contributed by atoms with Gasteiger partial charge in [0.05, 0.1) is 12.1 Å². The smallest absolute Gasteiger partial charge is 0.326 e. The fourth-order valence-electron chi connectivity index (χ4n) is 9.93. The van der Waals surface area contributed by atoms with E-state index < -0.39 is 137 Å². The van der Waals surface area contributed by atoms with Crippen molar-refractivity contribution in [1.82, 2.24) is 46.6 Å². The van der Waals surface area contributed by atoms with Gasteiger partial charge in [-0.25, -0.2) is 4.79 Å². The van der Waals surface area contributed by atoms with Gasteiger partial charge >= 0.3 is 5.97 Å². The van der Waals surface area contributed by atoms with Crippen LogP contribution in [-0.4, -0.2) is 195 Å². The van der Waals surface area contributed by atoms with Crippen LogP contribution in [0.2, 0.25) is 0 Å². The summed E-state index contributed by atoms with van der Waals surface area (Å²) in [6.07, 6.45) is 2.12. The molecule has 0 saturated carbocycles. The Balaban J connectivity index is 1.75. The van der Waals surface area contributed by atoms with Gasteiger partial charge in [0.1, 0.15) is 54.4 Å². The number of aliphatic imine (C=N–C) groups is 2. The van der Waals surface area contributed by atoms with Crippen LogP contribution in [0.25, 0.3) is 0 Å². The van der Waals surface area contributed by atoms with E-state index in [2.05, 4.69) is 41.9 Å². The number of likely N-dealkylation sites (tertiary alicyclic amines) is 3. The Hall–Kier alpha value is -6.84. The number of nitrogens with one attached hydrogen (secondary N) is 6. The van der Waals surface area contributed by atoms with Crippen LogP contribution in [0.4, 0.5) is 0 Å². The van der Waals surface area contributed by atoms with Crippen LogP contribution in [0.3, 0.4) is 0 Å². The summed E-state index contributed by atoms with van der Waals surface area (Å²) < 4.78 is 0. The number of nitrogens with zero attached hydrogens (tertiary/aromatic N) is 5. The van der Waals surface area contributed by atoms with Crippen molar-refractivity contribution in [3.05, 3.63) is 0 Å². The molecule has 79 heavy (non-hydrogen) atoms. The second-order valence-electron chi connectivity index (χ2n) is 21.7. The molecule has 3 aliphatic heterocycles. The maximum absolute atomic E-state index is 14.5. The van der Waals surface area contributed by atoms with Crippen LogP contribution in [0.5, 0.6) is 0 Å². The second kappa shape index (κ2) is 31.7. The average molecular weight is 1120 g/mol. The van der Waals surface area contributed by atoms with Crippen LogP contribution >= 0.6 is 0 Å². The summed E-state index contributed by atoms with van der Waals surface area (Å²) in [6, 6.07) is -11.6. The first-order valence-electron chi connectivity index (χ1n) is 27.6. The molecule has 28 heteroatoms. The SMILES string of the molecule is CC[C@H](C)[C@H](NC(=O)[C@@H](NC(=O)[C@H](CCCN=C(N)N)NC(=O)[C@@H](N)CCCN=C(N)N)C(C)C)C(=O)N[C@@H](CC(C)C)C(=O)N1CCC[C@H]1C(=O)N[C@H](C(=O)N[C@@H](C)C(=O)N1CCC[C@H]1C(=O)N1CCC[C@H]1C(=O)O)[C@@H](C)O. The molecule has 3 saturated heterocycles. The van der Waals surface area contributed by atoms with E-state index in [1.807, 2.05) is 20.8 Å². The van der Waals surface area contributed by atoms with Gasteiger partial charge in [-0.3, -0.25) is 53.1 Å². The molecular weight excluding hydrogens is 1030 g/mol. The normalized spacial score (nSPS) is 20.6. The molecule has 0 aromatic heterocycles. The fraction of sp³-hybridized carbons (Fsp3) is 0.765. The van der Waals surface area contributed by atoms with Crippen LogP contribution in [0, 0.1) is 17.8 Å². The molecular formula is C51H90N16O12. The first kappa shape index (κ1) is 66.4. The molecule has 0 aromatic rings. The predicted octanol–water partition coefficient (Wildman–Crippen LogP) is -3.46. The second-order valence-corrected chi connectivity index (χ2v) is 21.7. The van der Waals surface area contributed by atoms with Gasteiger partial charge in [0.2, 0.25) is 53.2 Å². The lowest BCUT2D eigenvalue weighted by Crippen LogP contribution is -2.62. The predicted molar refractivity (Wildman–Crippen MR) is 292 cm³/mol. The van der Waals surface area contributed by atoms with Gasteiger partial charge in [-0.1, -0.05) is 48.0 Å². The number of aliphatic hydroxyl groups excluding tert-OH is 1. The van der Waals surface area contributed by atoms with Crippen molar-refractivity contribution >= 4 is 71.1 Å². The third kappa shape index (κ3) is 19.8. The quantitative estimate of drug-likeness (QED) is 0.0189. The number of hydrogen-bond donors (Lipinski definition) is 13. The molecule has 0 radical (unpaired) electrons. The van der Waals surface area contributed by atoms with Crippen molar-refractivity contribution < 1.29 is 58.2 Å². The Kier molecular flexibility index (Phi) is 26.6. The largest absolute Gasteiger partial charge is 0.480 e. The molecule has 9 amide bonds. The summed E-state index contributed by atoms with van der Waals surface area (Å²) in [5, 5.41) is 36.5.